The van der Waals surface area contributed by atoms with Crippen molar-refractivity contribution in [3.63, 3.8) is 0 Å². The molecule has 1 aliphatic rings. The number of rotatable bonds is 3. The Morgan fingerprint density at radius 1 is 1.50 bits per heavy atom. The molecule has 0 aromatic heterocycles. The Kier molecular flexibility index (Phi) is 4.06. The fraction of sp³-hybridized carbons (Fsp3) is 0.500. The molecule has 18 heavy (non-hydrogen) atoms. The van der Waals surface area contributed by atoms with Gasteiger partial charge < -0.3 is 15.4 Å². The maximum absolute atomic E-state index is 8.81. The normalized spacial score (nSPS) is 19.2. The number of nitrogens with two attached hydrogens (primary N) is 1. The van der Waals surface area contributed by atoms with E-state index in [9.17, 15) is 0 Å². The first kappa shape index (κ1) is 12.7. The summed E-state index contributed by atoms with van der Waals surface area (Å²) < 4.78 is 5.72. The minimum absolute atomic E-state index is 0.291. The van der Waals surface area contributed by atoms with Crippen LogP contribution >= 0.6 is 0 Å². The molecule has 1 aliphatic heterocycles. The highest BCUT2D eigenvalue weighted by atomic mass is 16.5. The fourth-order valence-corrected chi connectivity index (χ4v) is 2.33. The number of ether oxygens (including phenoxy) is 1. The highest BCUT2D eigenvalue weighted by molar-refractivity contribution is 5.69. The summed E-state index contributed by atoms with van der Waals surface area (Å²) in [4.78, 5) is 2.10. The molecule has 0 spiro atoms. The third kappa shape index (κ3) is 2.93. The van der Waals surface area contributed by atoms with Crippen molar-refractivity contribution >= 4 is 11.4 Å². The minimum Gasteiger partial charge on any atom is -0.397 e. The third-order valence-electron chi connectivity index (χ3n) is 3.32. The second-order valence-corrected chi connectivity index (χ2v) is 4.75. The molecule has 0 amide bonds. The van der Waals surface area contributed by atoms with Gasteiger partial charge in [0.2, 0.25) is 0 Å². The standard InChI is InChI=1S/C14H19N3O/c1-17(10-12-4-2-3-7-18-12)14-6-5-11(9-15)8-13(14)16/h5-6,8,12H,2-4,7,10,16H2,1H3. The van der Waals surface area contributed by atoms with Crippen LogP contribution in [0.25, 0.3) is 0 Å². The summed E-state index contributed by atoms with van der Waals surface area (Å²) in [6, 6.07) is 7.50. The molecular weight excluding hydrogens is 226 g/mol. The van der Waals surface area contributed by atoms with Crippen LogP contribution in [0.5, 0.6) is 0 Å². The van der Waals surface area contributed by atoms with Gasteiger partial charge in [-0.1, -0.05) is 0 Å². The largest absolute Gasteiger partial charge is 0.397 e. The average molecular weight is 245 g/mol. The van der Waals surface area contributed by atoms with E-state index in [-0.39, 0.29) is 0 Å². The van der Waals surface area contributed by atoms with Crippen molar-refractivity contribution in [3.05, 3.63) is 23.8 Å². The number of nitriles is 1. The van der Waals surface area contributed by atoms with Crippen LogP contribution in [-0.4, -0.2) is 26.3 Å². The van der Waals surface area contributed by atoms with Gasteiger partial charge in [0.25, 0.3) is 0 Å². The predicted octanol–water partition coefficient (Wildman–Crippen LogP) is 2.15. The van der Waals surface area contributed by atoms with E-state index in [1.165, 1.54) is 12.8 Å². The smallest absolute Gasteiger partial charge is 0.0992 e. The van der Waals surface area contributed by atoms with Crippen LogP contribution in [0.3, 0.4) is 0 Å². The number of likely N-dealkylation sites (N-methyl/N-ethyl adjacent to an activating group) is 1. The molecule has 1 aromatic carbocycles. The van der Waals surface area contributed by atoms with E-state index in [0.717, 1.165) is 25.3 Å². The molecule has 0 bridgehead atoms. The number of benzene rings is 1. The number of nitrogen functional groups attached to an aromatic ring is 1. The lowest BCUT2D eigenvalue weighted by Gasteiger charge is -2.29. The van der Waals surface area contributed by atoms with Crippen LogP contribution in [0.2, 0.25) is 0 Å². The zero-order valence-corrected chi connectivity index (χ0v) is 10.7. The van der Waals surface area contributed by atoms with E-state index < -0.39 is 0 Å². The van der Waals surface area contributed by atoms with Gasteiger partial charge in [0.15, 0.2) is 0 Å². The average Bonchev–Trinajstić information content (AvgIpc) is 2.39. The van der Waals surface area contributed by atoms with Gasteiger partial charge in [-0.2, -0.15) is 5.26 Å². The van der Waals surface area contributed by atoms with Crippen LogP contribution in [0.4, 0.5) is 11.4 Å². The molecule has 0 saturated carbocycles. The van der Waals surface area contributed by atoms with Crippen LogP contribution < -0.4 is 10.6 Å². The summed E-state index contributed by atoms with van der Waals surface area (Å²) in [5.74, 6) is 0. The van der Waals surface area contributed by atoms with Crippen molar-refractivity contribution in [3.8, 4) is 6.07 Å². The summed E-state index contributed by atoms with van der Waals surface area (Å²) in [6.07, 6.45) is 3.81. The molecule has 0 aliphatic carbocycles. The van der Waals surface area contributed by atoms with Gasteiger partial charge in [0.1, 0.15) is 0 Å². The number of hydrogen-bond acceptors (Lipinski definition) is 4. The topological polar surface area (TPSA) is 62.3 Å². The number of hydrogen-bond donors (Lipinski definition) is 1. The van der Waals surface area contributed by atoms with Crippen LogP contribution in [0, 0.1) is 11.3 Å². The van der Waals surface area contributed by atoms with Crippen molar-refractivity contribution in [2.45, 2.75) is 25.4 Å². The Morgan fingerprint density at radius 3 is 2.94 bits per heavy atom. The first-order valence-electron chi connectivity index (χ1n) is 6.33. The van der Waals surface area contributed by atoms with E-state index in [4.69, 9.17) is 15.7 Å². The minimum atomic E-state index is 0.291. The second kappa shape index (κ2) is 5.74. The van der Waals surface area contributed by atoms with Gasteiger partial charge in [0.05, 0.1) is 29.1 Å². The maximum atomic E-state index is 8.81. The lowest BCUT2D eigenvalue weighted by atomic mass is 10.1. The molecule has 1 unspecified atom stereocenters. The van der Waals surface area contributed by atoms with Crippen LogP contribution in [0.1, 0.15) is 24.8 Å². The second-order valence-electron chi connectivity index (χ2n) is 4.75. The molecule has 1 aromatic rings. The van der Waals surface area contributed by atoms with Gasteiger partial charge in [0, 0.05) is 20.2 Å². The van der Waals surface area contributed by atoms with Crippen LogP contribution in [-0.2, 0) is 4.74 Å². The number of anilines is 2. The summed E-state index contributed by atoms with van der Waals surface area (Å²) in [7, 11) is 2.01. The van der Waals surface area contributed by atoms with Gasteiger partial charge in [-0.15, -0.1) is 0 Å². The van der Waals surface area contributed by atoms with E-state index in [2.05, 4.69) is 11.0 Å². The van der Waals surface area contributed by atoms with Crippen molar-refractivity contribution in [2.75, 3.05) is 30.8 Å². The molecule has 4 heteroatoms. The van der Waals surface area contributed by atoms with Gasteiger partial charge in [-0.25, -0.2) is 0 Å². The third-order valence-corrected chi connectivity index (χ3v) is 3.32. The monoisotopic (exact) mass is 245 g/mol. The highest BCUT2D eigenvalue weighted by Crippen LogP contribution is 2.24. The van der Waals surface area contributed by atoms with Gasteiger partial charge in [-0.05, 0) is 37.5 Å². The van der Waals surface area contributed by atoms with E-state index >= 15 is 0 Å². The molecular formula is C14H19N3O. The molecule has 1 heterocycles. The quantitative estimate of drug-likeness (QED) is 0.829. The summed E-state index contributed by atoms with van der Waals surface area (Å²) in [5, 5.41) is 8.81. The van der Waals surface area contributed by atoms with Crippen molar-refractivity contribution in [2.24, 2.45) is 0 Å². The lowest BCUT2D eigenvalue weighted by molar-refractivity contribution is 0.0216. The van der Waals surface area contributed by atoms with Gasteiger partial charge in [-0.3, -0.25) is 0 Å². The zero-order valence-electron chi connectivity index (χ0n) is 10.7. The zero-order chi connectivity index (χ0) is 13.0. The number of nitrogens with zero attached hydrogens (tertiary/aromatic N) is 2. The molecule has 2 N–H and O–H groups in total. The Bertz CT molecular complexity index is 447. The summed E-state index contributed by atoms with van der Waals surface area (Å²) in [5.41, 5.74) is 8.17. The summed E-state index contributed by atoms with van der Waals surface area (Å²) in [6.45, 7) is 1.71. The van der Waals surface area contributed by atoms with Crippen molar-refractivity contribution in [1.29, 1.82) is 5.26 Å². The Hall–Kier alpha value is -1.73. The first-order valence-corrected chi connectivity index (χ1v) is 6.33. The summed E-state index contributed by atoms with van der Waals surface area (Å²) >= 11 is 0. The molecule has 2 rings (SSSR count). The molecule has 96 valence electrons. The predicted molar refractivity (Wildman–Crippen MR) is 72.4 cm³/mol. The van der Waals surface area contributed by atoms with Crippen molar-refractivity contribution in [1.82, 2.24) is 0 Å². The molecule has 1 atom stereocenters. The van der Waals surface area contributed by atoms with Gasteiger partial charge >= 0.3 is 0 Å². The first-order chi connectivity index (χ1) is 8.70. The SMILES string of the molecule is CN(CC1CCCCO1)c1ccc(C#N)cc1N. The van der Waals surface area contributed by atoms with Crippen molar-refractivity contribution < 1.29 is 4.74 Å². The molecule has 1 fully saturated rings. The Balaban J connectivity index is 2.04. The Labute approximate surface area is 108 Å². The van der Waals surface area contributed by atoms with E-state index in [1.807, 2.05) is 13.1 Å². The maximum Gasteiger partial charge on any atom is 0.0992 e. The Morgan fingerprint density at radius 2 is 2.33 bits per heavy atom. The fourth-order valence-electron chi connectivity index (χ4n) is 2.33. The highest BCUT2D eigenvalue weighted by Gasteiger charge is 2.17. The van der Waals surface area contributed by atoms with E-state index in [1.54, 1.807) is 12.1 Å². The van der Waals surface area contributed by atoms with Crippen LogP contribution in [0.15, 0.2) is 18.2 Å². The lowest BCUT2D eigenvalue weighted by Crippen LogP contribution is -2.33. The molecule has 1 saturated heterocycles. The van der Waals surface area contributed by atoms with E-state index in [0.29, 0.717) is 17.4 Å². The molecule has 0 radical (unpaired) electrons. The molecule has 4 nitrogen and oxygen atoms in total.